The second-order valence-corrected chi connectivity index (χ2v) is 15.2. The molecule has 6 aromatic carbocycles. The number of hydrogen-bond donors (Lipinski definition) is 1. The maximum atomic E-state index is 11.6. The van der Waals surface area contributed by atoms with Crippen LogP contribution >= 0.6 is 0 Å². The smallest absolute Gasteiger partial charge is 0.337 e. The van der Waals surface area contributed by atoms with Gasteiger partial charge in [0.15, 0.2) is 0 Å². The molecule has 320 valence electrons. The Morgan fingerprint density at radius 2 is 1.20 bits per heavy atom. The molecule has 1 N–H and O–H groups in total. The fourth-order valence-electron chi connectivity index (χ4n) is 7.95. The van der Waals surface area contributed by atoms with Gasteiger partial charge >= 0.3 is 11.9 Å². The highest BCUT2D eigenvalue weighted by molar-refractivity contribution is 5.91. The second kappa shape index (κ2) is 20.3. The minimum atomic E-state index is -0.924. The van der Waals surface area contributed by atoms with E-state index in [2.05, 4.69) is 60.1 Å². The van der Waals surface area contributed by atoms with Gasteiger partial charge in [-0.25, -0.2) is 9.59 Å². The van der Waals surface area contributed by atoms with Crippen LogP contribution in [0.3, 0.4) is 0 Å². The van der Waals surface area contributed by atoms with Crippen molar-refractivity contribution in [1.29, 1.82) is 0 Å². The molecule has 0 aliphatic heterocycles. The van der Waals surface area contributed by atoms with E-state index in [9.17, 15) is 14.7 Å². The normalized spacial score (nSPS) is 12.5. The van der Waals surface area contributed by atoms with E-state index in [-0.39, 0.29) is 5.97 Å². The zero-order valence-corrected chi connectivity index (χ0v) is 36.8. The highest BCUT2D eigenvalue weighted by atomic mass is 16.5. The number of esters is 1. The maximum absolute atomic E-state index is 11.6. The Bertz CT molecular complexity index is 2890. The van der Waals surface area contributed by atoms with Gasteiger partial charge in [0.1, 0.15) is 23.0 Å². The van der Waals surface area contributed by atoms with E-state index in [0.717, 1.165) is 82.1 Å². The van der Waals surface area contributed by atoms with Crippen LogP contribution in [0.15, 0.2) is 121 Å². The van der Waals surface area contributed by atoms with Crippen LogP contribution < -0.4 is 18.9 Å². The van der Waals surface area contributed by atoms with Crippen LogP contribution in [0, 0.1) is 30.6 Å². The van der Waals surface area contributed by atoms with Gasteiger partial charge in [-0.3, -0.25) is 0 Å². The number of allylic oxidation sites excluding steroid dienone is 3. The standard InChI is InChI=1S/2C28H24O4/c1-30-25-16-20(17-26(18-25)31-2)15-24-14-13-22-6-4-5-21(27(22)24)10-7-19-8-11-23(12-9-19)28(29)32-3;1-18-13-19(8-12-26(18)28(29)30)7-9-21-5-4-6-22-10-11-23(27(21)22)14-20-15-24(31-2)17-25(16-20)32-3/h4-6,8-9,11-12,14,16-18H,13,15H2,1-3H3;4-6,8,12-17H,10-11H2,1-3H3,(H,29,30)/b;23-14+. The number of fused-ring (bicyclic) bond motifs is 2. The van der Waals surface area contributed by atoms with Gasteiger partial charge in [-0.15, -0.1) is 0 Å². The van der Waals surface area contributed by atoms with Gasteiger partial charge in [0, 0.05) is 34.4 Å². The van der Waals surface area contributed by atoms with Gasteiger partial charge in [-0.1, -0.05) is 60.1 Å². The molecule has 0 atom stereocenters. The van der Waals surface area contributed by atoms with Crippen LogP contribution in [-0.2, 0) is 24.0 Å². The van der Waals surface area contributed by atoms with Gasteiger partial charge in [0.05, 0.1) is 46.7 Å². The predicted molar refractivity (Wildman–Crippen MR) is 251 cm³/mol. The number of rotatable bonds is 9. The average molecular weight is 849 g/mol. The summed E-state index contributed by atoms with van der Waals surface area (Å²) in [6.07, 6.45) is 8.03. The van der Waals surface area contributed by atoms with E-state index in [1.807, 2.05) is 66.7 Å². The topological polar surface area (TPSA) is 101 Å². The number of carboxylic acids is 1. The summed E-state index contributed by atoms with van der Waals surface area (Å²) in [7, 11) is 7.99. The Labute approximate surface area is 374 Å². The monoisotopic (exact) mass is 848 g/mol. The number of carboxylic acid groups (broad SMARTS) is 1. The summed E-state index contributed by atoms with van der Waals surface area (Å²) in [5.41, 5.74) is 14.7. The molecule has 2 aliphatic carbocycles. The van der Waals surface area contributed by atoms with Crippen molar-refractivity contribution < 1.29 is 38.4 Å². The maximum Gasteiger partial charge on any atom is 0.337 e. The van der Waals surface area contributed by atoms with Crippen molar-refractivity contribution in [2.24, 2.45) is 0 Å². The Hall–Kier alpha value is -7.94. The van der Waals surface area contributed by atoms with Crippen molar-refractivity contribution in [3.05, 3.63) is 194 Å². The molecule has 0 aromatic heterocycles. The molecular formula is C56H48O8. The molecule has 0 saturated carbocycles. The minimum Gasteiger partial charge on any atom is -0.497 e. The lowest BCUT2D eigenvalue weighted by molar-refractivity contribution is 0.0599. The van der Waals surface area contributed by atoms with E-state index in [1.165, 1.54) is 40.5 Å². The predicted octanol–water partition coefficient (Wildman–Crippen LogP) is 10.7. The number of aryl methyl sites for hydroxylation is 2. The Morgan fingerprint density at radius 1 is 0.625 bits per heavy atom. The summed E-state index contributed by atoms with van der Waals surface area (Å²) < 4.78 is 26.4. The molecule has 6 aromatic rings. The summed E-state index contributed by atoms with van der Waals surface area (Å²) in [5.74, 6) is 14.9. The van der Waals surface area contributed by atoms with Crippen LogP contribution in [-0.4, -0.2) is 52.6 Å². The molecule has 0 heterocycles. The fraction of sp³-hybridized carbons (Fsp3) is 0.179. The number of aromatic carboxylic acids is 1. The molecule has 0 radical (unpaired) electrons. The molecule has 2 aliphatic rings. The second-order valence-electron chi connectivity index (χ2n) is 15.2. The van der Waals surface area contributed by atoms with E-state index in [4.69, 9.17) is 23.7 Å². The molecule has 0 unspecified atom stereocenters. The van der Waals surface area contributed by atoms with Crippen molar-refractivity contribution in [3.63, 3.8) is 0 Å². The number of carbonyl (C=O) groups is 2. The van der Waals surface area contributed by atoms with Gasteiger partial charge < -0.3 is 28.8 Å². The first-order chi connectivity index (χ1) is 31.1. The first-order valence-electron chi connectivity index (χ1n) is 20.7. The lowest BCUT2D eigenvalue weighted by atomic mass is 9.94. The Morgan fingerprint density at radius 3 is 1.80 bits per heavy atom. The van der Waals surface area contributed by atoms with E-state index >= 15 is 0 Å². The van der Waals surface area contributed by atoms with Crippen LogP contribution in [0.25, 0.3) is 17.2 Å². The number of benzene rings is 6. The highest BCUT2D eigenvalue weighted by Gasteiger charge is 2.20. The van der Waals surface area contributed by atoms with Crippen LogP contribution in [0.2, 0.25) is 0 Å². The zero-order chi connectivity index (χ0) is 45.2. The number of ether oxygens (including phenoxy) is 5. The Kier molecular flexibility index (Phi) is 14.0. The van der Waals surface area contributed by atoms with Crippen molar-refractivity contribution in [2.45, 2.75) is 32.6 Å². The lowest BCUT2D eigenvalue weighted by Gasteiger charge is -2.11. The van der Waals surface area contributed by atoms with Crippen LogP contribution in [0.5, 0.6) is 23.0 Å². The third-order valence-electron chi connectivity index (χ3n) is 11.1. The molecule has 64 heavy (non-hydrogen) atoms. The molecule has 8 rings (SSSR count). The van der Waals surface area contributed by atoms with Gasteiger partial charge in [0.25, 0.3) is 0 Å². The minimum absolute atomic E-state index is 0.301. The molecule has 0 bridgehead atoms. The molecule has 8 heteroatoms. The van der Waals surface area contributed by atoms with Crippen molar-refractivity contribution in [3.8, 4) is 46.7 Å². The lowest BCUT2D eigenvalue weighted by Crippen LogP contribution is -2.00. The first-order valence-corrected chi connectivity index (χ1v) is 20.7. The molecule has 0 saturated heterocycles. The SMILES string of the molecule is COC(=O)c1ccc(C#Cc2cccc3c2C(Cc2cc(OC)cc(OC)c2)=CC3)cc1.COc1cc(/C=C2\CCc3cccc(C#Cc4ccc(C(=O)O)c(C)c4)c32)cc(OC)c1. The summed E-state index contributed by atoms with van der Waals surface area (Å²) in [5, 5.41) is 9.23. The molecule has 0 amide bonds. The van der Waals surface area contributed by atoms with Crippen LogP contribution in [0.4, 0.5) is 0 Å². The third kappa shape index (κ3) is 10.4. The quantitative estimate of drug-likeness (QED) is 0.113. The summed E-state index contributed by atoms with van der Waals surface area (Å²) in [6.45, 7) is 1.79. The van der Waals surface area contributed by atoms with Crippen molar-refractivity contribution in [1.82, 2.24) is 0 Å². The molecule has 0 spiro atoms. The average Bonchev–Trinajstić information content (AvgIpc) is 3.94. The molecule has 0 fully saturated rings. The number of methoxy groups -OCH3 is 5. The third-order valence-corrected chi connectivity index (χ3v) is 11.1. The molecular weight excluding hydrogens is 801 g/mol. The van der Waals surface area contributed by atoms with Crippen LogP contribution in [0.1, 0.15) is 88.3 Å². The van der Waals surface area contributed by atoms with Gasteiger partial charge in [-0.05, 0) is 162 Å². The van der Waals surface area contributed by atoms with E-state index < -0.39 is 5.97 Å². The highest BCUT2D eigenvalue weighted by Crippen LogP contribution is 2.38. The van der Waals surface area contributed by atoms with E-state index in [1.54, 1.807) is 59.6 Å². The van der Waals surface area contributed by atoms with E-state index in [0.29, 0.717) is 16.7 Å². The molecule has 8 nitrogen and oxygen atoms in total. The summed E-state index contributed by atoms with van der Waals surface area (Å²) in [4.78, 5) is 22.9. The van der Waals surface area contributed by atoms with Gasteiger partial charge in [0.2, 0.25) is 0 Å². The van der Waals surface area contributed by atoms with Crippen molar-refractivity contribution >= 4 is 29.2 Å². The van der Waals surface area contributed by atoms with Crippen molar-refractivity contribution in [2.75, 3.05) is 35.5 Å². The fourth-order valence-corrected chi connectivity index (χ4v) is 7.95. The summed E-state index contributed by atoms with van der Waals surface area (Å²) in [6, 6.07) is 36.6. The number of hydrogen-bond acceptors (Lipinski definition) is 7. The first kappa shape index (κ1) is 44.1. The number of carbonyl (C=O) groups excluding carboxylic acids is 1. The zero-order valence-electron chi connectivity index (χ0n) is 36.8. The summed E-state index contributed by atoms with van der Waals surface area (Å²) >= 11 is 0. The Balaban J connectivity index is 0.000000191. The van der Waals surface area contributed by atoms with Gasteiger partial charge in [-0.2, -0.15) is 0 Å². The largest absolute Gasteiger partial charge is 0.497 e.